The average molecular weight is 652 g/mol. The molecule has 1 atom stereocenters. The topological polar surface area (TPSA) is 202 Å². The normalized spacial score (nSPS) is 19.3. The molecule has 250 valence electrons. The second-order valence-corrected chi connectivity index (χ2v) is 13.2. The second kappa shape index (κ2) is 19.0. The molecule has 3 aliphatic rings. The van der Waals surface area contributed by atoms with Gasteiger partial charge >= 0.3 is 23.9 Å². The fourth-order valence-electron chi connectivity index (χ4n) is 5.72. The molecule has 0 radical (unpaired) electrons. The van der Waals surface area contributed by atoms with Crippen LogP contribution in [0.5, 0.6) is 0 Å². The van der Waals surface area contributed by atoms with Gasteiger partial charge in [-0.15, -0.1) is 0 Å². The van der Waals surface area contributed by atoms with E-state index < -0.39 is 33.9 Å². The van der Waals surface area contributed by atoms with Gasteiger partial charge in [0, 0.05) is 56.5 Å². The van der Waals surface area contributed by atoms with Crippen LogP contribution in [-0.2, 0) is 42.2 Å². The highest BCUT2D eigenvalue weighted by Gasteiger charge is 2.24. The molecule has 1 saturated carbocycles. The Balaban J connectivity index is 0.000000365. The van der Waals surface area contributed by atoms with Gasteiger partial charge in [-0.3, -0.25) is 4.90 Å². The molecule has 1 aromatic rings. The molecule has 1 aliphatic carbocycles. The van der Waals surface area contributed by atoms with Crippen molar-refractivity contribution >= 4 is 33.9 Å². The Bertz CT molecular complexity index is 1260. The van der Waals surface area contributed by atoms with E-state index in [0.717, 1.165) is 38.4 Å². The Morgan fingerprint density at radius 1 is 0.822 bits per heavy atom. The maximum Gasteiger partial charge on any atom is 0.328 e. The van der Waals surface area contributed by atoms with Gasteiger partial charge in [-0.05, 0) is 81.3 Å². The summed E-state index contributed by atoms with van der Waals surface area (Å²) in [6.07, 6.45) is 13.4. The van der Waals surface area contributed by atoms with Crippen LogP contribution in [0.1, 0.15) is 62.5 Å². The van der Waals surface area contributed by atoms with Gasteiger partial charge in [0.1, 0.15) is 0 Å². The standard InChI is InChI=1S/C23H37N3O2S.2C4H4O4/c1-25-14-5-8-22(25)11-13-24-29(27,28)23-10-9-20-12-15-26(18-21(20)16-23)17-19-6-3-2-4-7-19;2*5-3(6)1-2-4(7)8/h9-10,16,19,22,24H,2-8,11-15,17-18H2,1H3;2*1-2H,(H,5,6)(H,7,8)/t22-;;/m0../s1. The zero-order valence-corrected chi connectivity index (χ0v) is 26.5. The SMILES string of the molecule is CN1CCC[C@H]1CCNS(=O)(=O)c1ccc2c(c1)CN(CC1CCCCC1)CC2.O=C(O)C=CC(=O)O.O=C(O)C=CC(=O)O. The Hall–Kier alpha value is -3.59. The van der Waals surface area contributed by atoms with Gasteiger partial charge in [0.05, 0.1) is 4.90 Å². The summed E-state index contributed by atoms with van der Waals surface area (Å²) in [5, 5.41) is 31.2. The Kier molecular flexibility index (Phi) is 15.9. The summed E-state index contributed by atoms with van der Waals surface area (Å²) < 4.78 is 28.5. The van der Waals surface area contributed by atoms with Crippen LogP contribution in [0.2, 0.25) is 0 Å². The van der Waals surface area contributed by atoms with Crippen molar-refractivity contribution < 1.29 is 48.0 Å². The summed E-state index contributed by atoms with van der Waals surface area (Å²) in [5.74, 6) is -4.20. The lowest BCUT2D eigenvalue weighted by Gasteiger charge is -2.33. The number of benzene rings is 1. The van der Waals surface area contributed by atoms with Crippen molar-refractivity contribution in [2.45, 2.75) is 75.3 Å². The fourth-order valence-corrected chi connectivity index (χ4v) is 6.82. The molecule has 2 fully saturated rings. The van der Waals surface area contributed by atoms with E-state index in [1.54, 1.807) is 6.07 Å². The Morgan fingerprint density at radius 2 is 1.40 bits per heavy atom. The summed E-state index contributed by atoms with van der Waals surface area (Å²) in [6.45, 7) is 4.80. The van der Waals surface area contributed by atoms with Gasteiger partial charge in [0.2, 0.25) is 10.0 Å². The lowest BCUT2D eigenvalue weighted by atomic mass is 9.88. The molecule has 13 nitrogen and oxygen atoms in total. The first-order valence-corrected chi connectivity index (χ1v) is 16.6. The van der Waals surface area contributed by atoms with Crippen LogP contribution in [0, 0.1) is 5.92 Å². The maximum absolute atomic E-state index is 12.8. The minimum absolute atomic E-state index is 0.426. The number of nitrogens with zero attached hydrogens (tertiary/aromatic N) is 2. The monoisotopic (exact) mass is 651 g/mol. The van der Waals surface area contributed by atoms with Crippen molar-refractivity contribution in [2.24, 2.45) is 5.92 Å². The number of carbonyl (C=O) groups is 4. The lowest BCUT2D eigenvalue weighted by Crippen LogP contribution is -2.35. The first-order chi connectivity index (χ1) is 21.3. The summed E-state index contributed by atoms with van der Waals surface area (Å²) >= 11 is 0. The maximum atomic E-state index is 12.8. The number of fused-ring (bicyclic) bond motifs is 1. The molecule has 2 aliphatic heterocycles. The van der Waals surface area contributed by atoms with Gasteiger partial charge in [-0.25, -0.2) is 32.3 Å². The highest BCUT2D eigenvalue weighted by atomic mass is 32.2. The average Bonchev–Trinajstić information content (AvgIpc) is 3.40. The quantitative estimate of drug-likeness (QED) is 0.219. The molecule has 45 heavy (non-hydrogen) atoms. The number of carboxylic acids is 4. The van der Waals surface area contributed by atoms with Crippen molar-refractivity contribution in [2.75, 3.05) is 33.2 Å². The molecule has 0 spiro atoms. The molecule has 4 rings (SSSR count). The minimum Gasteiger partial charge on any atom is -0.478 e. The van der Waals surface area contributed by atoms with E-state index in [9.17, 15) is 27.6 Å². The number of hydrogen-bond acceptors (Lipinski definition) is 8. The van der Waals surface area contributed by atoms with E-state index in [-0.39, 0.29) is 0 Å². The number of aliphatic carboxylic acids is 4. The van der Waals surface area contributed by atoms with E-state index in [1.165, 1.54) is 62.6 Å². The molecule has 0 unspecified atom stereocenters. The first-order valence-electron chi connectivity index (χ1n) is 15.1. The Morgan fingerprint density at radius 3 is 1.91 bits per heavy atom. The van der Waals surface area contributed by atoms with Crippen LogP contribution >= 0.6 is 0 Å². The van der Waals surface area contributed by atoms with Crippen molar-refractivity contribution in [3.63, 3.8) is 0 Å². The number of carboxylic acid groups (broad SMARTS) is 4. The lowest BCUT2D eigenvalue weighted by molar-refractivity contribution is -0.134. The molecular weight excluding hydrogens is 606 g/mol. The van der Waals surface area contributed by atoms with E-state index in [0.29, 0.717) is 41.8 Å². The molecule has 5 N–H and O–H groups in total. The molecule has 2 heterocycles. The van der Waals surface area contributed by atoms with Gasteiger partial charge < -0.3 is 25.3 Å². The minimum atomic E-state index is -3.43. The highest BCUT2D eigenvalue weighted by Crippen LogP contribution is 2.28. The highest BCUT2D eigenvalue weighted by molar-refractivity contribution is 7.89. The van der Waals surface area contributed by atoms with Crippen LogP contribution in [0.3, 0.4) is 0 Å². The third-order valence-corrected chi connectivity index (χ3v) is 9.46. The van der Waals surface area contributed by atoms with E-state index in [1.807, 2.05) is 12.1 Å². The molecule has 0 aromatic heterocycles. The third-order valence-electron chi connectivity index (χ3n) is 8.00. The number of rotatable bonds is 11. The zero-order valence-electron chi connectivity index (χ0n) is 25.6. The largest absolute Gasteiger partial charge is 0.478 e. The molecule has 1 saturated heterocycles. The molecule has 14 heteroatoms. The van der Waals surface area contributed by atoms with Gasteiger partial charge in [0.25, 0.3) is 0 Å². The fraction of sp³-hybridized carbons (Fsp3) is 0.548. The molecular formula is C31H45N3O10S. The number of likely N-dealkylation sites (tertiary alicyclic amines) is 1. The first kappa shape index (κ1) is 37.6. The van der Waals surface area contributed by atoms with Crippen LogP contribution in [0.25, 0.3) is 0 Å². The van der Waals surface area contributed by atoms with Crippen molar-refractivity contribution in [3.8, 4) is 0 Å². The van der Waals surface area contributed by atoms with Crippen molar-refractivity contribution in [1.29, 1.82) is 0 Å². The summed E-state index contributed by atoms with van der Waals surface area (Å²) in [5.41, 5.74) is 2.52. The molecule has 0 bridgehead atoms. The van der Waals surface area contributed by atoms with Gasteiger partial charge in [-0.1, -0.05) is 25.3 Å². The van der Waals surface area contributed by atoms with Crippen LogP contribution in [0.15, 0.2) is 47.4 Å². The zero-order chi connectivity index (χ0) is 33.4. The van der Waals surface area contributed by atoms with E-state index in [2.05, 4.69) is 21.6 Å². The van der Waals surface area contributed by atoms with Gasteiger partial charge in [0.15, 0.2) is 0 Å². The predicted molar refractivity (Wildman–Crippen MR) is 166 cm³/mol. The second-order valence-electron chi connectivity index (χ2n) is 11.4. The summed E-state index contributed by atoms with van der Waals surface area (Å²) in [4.78, 5) is 43.5. The summed E-state index contributed by atoms with van der Waals surface area (Å²) in [6, 6.07) is 6.26. The predicted octanol–water partition coefficient (Wildman–Crippen LogP) is 2.81. The third kappa shape index (κ3) is 14.8. The van der Waals surface area contributed by atoms with Crippen LogP contribution in [-0.4, -0.2) is 102 Å². The van der Waals surface area contributed by atoms with Crippen LogP contribution in [0.4, 0.5) is 0 Å². The van der Waals surface area contributed by atoms with Crippen LogP contribution < -0.4 is 4.72 Å². The molecule has 1 aromatic carbocycles. The van der Waals surface area contributed by atoms with Crippen molar-refractivity contribution in [3.05, 3.63) is 53.6 Å². The van der Waals surface area contributed by atoms with E-state index >= 15 is 0 Å². The summed E-state index contributed by atoms with van der Waals surface area (Å²) in [7, 11) is -1.30. The van der Waals surface area contributed by atoms with Gasteiger partial charge in [-0.2, -0.15) is 0 Å². The Labute approximate surface area is 264 Å². The molecule has 0 amide bonds. The smallest absolute Gasteiger partial charge is 0.328 e. The number of sulfonamides is 1. The van der Waals surface area contributed by atoms with E-state index in [4.69, 9.17) is 20.4 Å². The van der Waals surface area contributed by atoms with Crippen molar-refractivity contribution in [1.82, 2.24) is 14.5 Å². The number of hydrogen-bond donors (Lipinski definition) is 5. The number of nitrogens with one attached hydrogen (secondary N) is 1.